The molecule has 6 atom stereocenters. The van der Waals surface area contributed by atoms with Crippen molar-refractivity contribution in [2.75, 3.05) is 7.11 Å². The maximum absolute atomic E-state index is 14.6. The first-order chi connectivity index (χ1) is 17.2. The molecule has 0 radical (unpaired) electrons. The van der Waals surface area contributed by atoms with Crippen molar-refractivity contribution < 1.29 is 29.0 Å². The highest BCUT2D eigenvalue weighted by molar-refractivity contribution is 6.14. The van der Waals surface area contributed by atoms with Gasteiger partial charge in [0.05, 0.1) is 11.0 Å². The van der Waals surface area contributed by atoms with Gasteiger partial charge in [-0.2, -0.15) is 0 Å². The van der Waals surface area contributed by atoms with Gasteiger partial charge in [0.1, 0.15) is 23.2 Å². The number of unbranched alkanes of at least 4 members (excludes halogenated alkanes) is 1. The zero-order valence-corrected chi connectivity index (χ0v) is 21.5. The minimum atomic E-state index is -1.21. The van der Waals surface area contributed by atoms with Crippen LogP contribution < -0.4 is 5.32 Å². The lowest BCUT2D eigenvalue weighted by atomic mass is 9.60. The summed E-state index contributed by atoms with van der Waals surface area (Å²) in [7, 11) is 1.56. The number of aromatic hydroxyl groups is 1. The first-order valence-electron chi connectivity index (χ1n) is 13.4. The van der Waals surface area contributed by atoms with Crippen LogP contribution in [0.25, 0.3) is 5.76 Å². The lowest BCUT2D eigenvalue weighted by molar-refractivity contribution is -0.159. The second-order valence-corrected chi connectivity index (χ2v) is 11.5. The van der Waals surface area contributed by atoms with Crippen LogP contribution in [0.3, 0.4) is 0 Å². The molecule has 6 rings (SSSR count). The van der Waals surface area contributed by atoms with Crippen molar-refractivity contribution in [3.05, 3.63) is 34.4 Å². The number of phenolic OH excluding ortho intramolecular Hbond substituents is 1. The number of phenols is 1. The molecule has 36 heavy (non-hydrogen) atoms. The Balaban J connectivity index is 1.72. The number of amides is 1. The summed E-state index contributed by atoms with van der Waals surface area (Å²) in [5.74, 6) is -0.783. The molecule has 2 N–H and O–H groups in total. The van der Waals surface area contributed by atoms with E-state index in [-0.39, 0.29) is 29.6 Å². The monoisotopic (exact) mass is 493 g/mol. The van der Waals surface area contributed by atoms with Gasteiger partial charge in [0.2, 0.25) is 5.91 Å². The molecular weight excluding hydrogens is 458 g/mol. The predicted molar refractivity (Wildman–Crippen MR) is 132 cm³/mol. The Hall–Kier alpha value is -2.67. The fourth-order valence-electron chi connectivity index (χ4n) is 8.44. The maximum atomic E-state index is 14.6. The Morgan fingerprint density at radius 1 is 1.22 bits per heavy atom. The number of fused-ring (bicyclic) bond motifs is 3. The highest BCUT2D eigenvalue weighted by atomic mass is 16.5. The summed E-state index contributed by atoms with van der Waals surface area (Å²) in [5.41, 5.74) is -0.871. The van der Waals surface area contributed by atoms with Crippen LogP contribution in [0.2, 0.25) is 0 Å². The molecule has 6 unspecified atom stereocenters. The van der Waals surface area contributed by atoms with Gasteiger partial charge in [-0.15, -0.1) is 0 Å². The zero-order valence-electron chi connectivity index (χ0n) is 21.5. The standard InChI is InChI=1S/C29H35NO6/c1-5-7-10-17-23-27(3)25(33)19(35-4)11-8-9-15(6-2)22-20-18(31)13-12-16-21(20)29(27,36-22)14-28(23,24(16)32)30-26(17)34/h12-13,17,19,23,31H,5-11,14H2,1-4H3,(H,30,34). The number of hydrogen-bond acceptors (Lipinski definition) is 6. The molecule has 2 fully saturated rings. The number of ether oxygens (including phenoxy) is 2. The maximum Gasteiger partial charge on any atom is 0.224 e. The first-order valence-corrected chi connectivity index (χ1v) is 13.4. The van der Waals surface area contributed by atoms with Gasteiger partial charge >= 0.3 is 0 Å². The van der Waals surface area contributed by atoms with Gasteiger partial charge in [-0.1, -0.05) is 26.7 Å². The van der Waals surface area contributed by atoms with Gasteiger partial charge in [-0.05, 0) is 56.7 Å². The fraction of sp³-hybridized carbons (Fsp3) is 0.621. The van der Waals surface area contributed by atoms with Gasteiger partial charge in [-0.3, -0.25) is 14.4 Å². The summed E-state index contributed by atoms with van der Waals surface area (Å²) in [4.78, 5) is 42.4. The fourth-order valence-corrected chi connectivity index (χ4v) is 8.44. The third-order valence-corrected chi connectivity index (χ3v) is 10.00. The van der Waals surface area contributed by atoms with E-state index in [2.05, 4.69) is 19.2 Å². The highest BCUT2D eigenvalue weighted by Gasteiger charge is 2.83. The molecule has 2 aliphatic carbocycles. The Kier molecular flexibility index (Phi) is 5.05. The molecule has 1 amide bonds. The lowest BCUT2D eigenvalue weighted by Gasteiger charge is -2.45. The van der Waals surface area contributed by atoms with E-state index in [4.69, 9.17) is 9.47 Å². The Morgan fingerprint density at radius 2 is 2.00 bits per heavy atom. The molecule has 1 saturated heterocycles. The average molecular weight is 494 g/mol. The molecule has 1 saturated carbocycles. The molecule has 1 aromatic rings. The second kappa shape index (κ2) is 7.67. The van der Waals surface area contributed by atoms with Gasteiger partial charge in [0.25, 0.3) is 0 Å². The van der Waals surface area contributed by atoms with E-state index >= 15 is 0 Å². The second-order valence-electron chi connectivity index (χ2n) is 11.5. The SMILES string of the molecule is CCCCC1C(=O)NC23CC45OC(=C(CC)CCCC(OC)C(=O)C4(C)C12)c1c(O)ccc(c15)C3=O. The molecule has 3 heterocycles. The summed E-state index contributed by atoms with van der Waals surface area (Å²) in [6, 6.07) is 3.20. The van der Waals surface area contributed by atoms with Crippen molar-refractivity contribution in [2.24, 2.45) is 17.3 Å². The Morgan fingerprint density at radius 3 is 2.69 bits per heavy atom. The number of methoxy groups -OCH3 is 1. The smallest absolute Gasteiger partial charge is 0.224 e. The number of benzene rings is 1. The average Bonchev–Trinajstić information content (AvgIpc) is 3.41. The van der Waals surface area contributed by atoms with E-state index in [9.17, 15) is 19.5 Å². The molecule has 7 heteroatoms. The molecule has 1 aromatic carbocycles. The van der Waals surface area contributed by atoms with Gasteiger partial charge in [0, 0.05) is 36.5 Å². The van der Waals surface area contributed by atoms with Crippen LogP contribution in [0.5, 0.6) is 5.75 Å². The van der Waals surface area contributed by atoms with E-state index in [1.54, 1.807) is 19.2 Å². The van der Waals surface area contributed by atoms with Crippen molar-refractivity contribution in [1.82, 2.24) is 5.32 Å². The first kappa shape index (κ1) is 23.7. The predicted octanol–water partition coefficient (Wildman–Crippen LogP) is 4.40. The number of nitrogens with one attached hydrogen (secondary N) is 1. The van der Waals surface area contributed by atoms with Gasteiger partial charge in [-0.25, -0.2) is 0 Å². The number of carbonyl (C=O) groups excluding carboxylic acids is 3. The summed E-state index contributed by atoms with van der Waals surface area (Å²) >= 11 is 0. The minimum Gasteiger partial charge on any atom is -0.507 e. The Labute approximate surface area is 211 Å². The summed E-state index contributed by atoms with van der Waals surface area (Å²) in [6.45, 7) is 6.04. The van der Waals surface area contributed by atoms with Crippen LogP contribution in [0.4, 0.5) is 0 Å². The number of Topliss-reactive ketones (excluding diaryl/α,β-unsaturated/α-hetero) is 2. The van der Waals surface area contributed by atoms with Crippen molar-refractivity contribution in [3.63, 3.8) is 0 Å². The van der Waals surface area contributed by atoms with E-state index in [1.807, 2.05) is 6.92 Å². The highest BCUT2D eigenvalue weighted by Crippen LogP contribution is 2.74. The van der Waals surface area contributed by atoms with Crippen molar-refractivity contribution >= 4 is 23.2 Å². The van der Waals surface area contributed by atoms with E-state index in [1.165, 1.54) is 0 Å². The van der Waals surface area contributed by atoms with Crippen LogP contribution in [0, 0.1) is 17.3 Å². The van der Waals surface area contributed by atoms with Crippen LogP contribution in [0.1, 0.15) is 93.6 Å². The summed E-state index contributed by atoms with van der Waals surface area (Å²) < 4.78 is 12.8. The molecule has 7 nitrogen and oxygen atoms in total. The summed E-state index contributed by atoms with van der Waals surface area (Å²) in [6.07, 6.45) is 4.63. The quantitative estimate of drug-likeness (QED) is 0.630. The van der Waals surface area contributed by atoms with E-state index < -0.39 is 34.5 Å². The number of hydrogen-bond donors (Lipinski definition) is 2. The van der Waals surface area contributed by atoms with E-state index in [0.29, 0.717) is 41.7 Å². The topological polar surface area (TPSA) is 102 Å². The molecule has 3 aliphatic heterocycles. The van der Waals surface area contributed by atoms with Crippen molar-refractivity contribution in [2.45, 2.75) is 89.4 Å². The van der Waals surface area contributed by atoms with E-state index in [0.717, 1.165) is 31.3 Å². The number of allylic oxidation sites excluding steroid dienone is 1. The van der Waals surface area contributed by atoms with Crippen LogP contribution in [-0.4, -0.2) is 41.3 Å². The van der Waals surface area contributed by atoms with Gasteiger partial charge in [0.15, 0.2) is 17.2 Å². The normalized spacial score (nSPS) is 38.2. The van der Waals surface area contributed by atoms with Crippen molar-refractivity contribution in [3.8, 4) is 5.75 Å². The molecule has 3 bridgehead atoms. The van der Waals surface area contributed by atoms with Crippen LogP contribution in [-0.2, 0) is 24.7 Å². The summed E-state index contributed by atoms with van der Waals surface area (Å²) in [5, 5.41) is 14.2. The number of carbonyl (C=O) groups is 3. The minimum absolute atomic E-state index is 0.0660. The third-order valence-electron chi connectivity index (χ3n) is 10.00. The molecule has 5 aliphatic rings. The van der Waals surface area contributed by atoms with Crippen LogP contribution >= 0.6 is 0 Å². The molecular formula is C29H35NO6. The molecule has 2 spiro atoms. The van der Waals surface area contributed by atoms with Crippen molar-refractivity contribution in [1.29, 1.82) is 0 Å². The van der Waals surface area contributed by atoms with Crippen LogP contribution in [0.15, 0.2) is 17.7 Å². The van der Waals surface area contributed by atoms with Gasteiger partial charge < -0.3 is 19.9 Å². The largest absolute Gasteiger partial charge is 0.507 e. The number of ketones is 2. The lowest BCUT2D eigenvalue weighted by Crippen LogP contribution is -2.54. The number of rotatable bonds is 5. The Bertz CT molecular complexity index is 1230. The third kappa shape index (κ3) is 2.50. The zero-order chi connectivity index (χ0) is 25.6. The molecule has 0 aromatic heterocycles. The molecule has 192 valence electrons.